The Morgan fingerprint density at radius 1 is 1.14 bits per heavy atom. The van der Waals surface area contributed by atoms with E-state index in [1.165, 1.54) is 0 Å². The molecule has 0 aliphatic heterocycles. The molecular formula is C17H19NO3. The highest BCUT2D eigenvalue weighted by atomic mass is 16.5. The van der Waals surface area contributed by atoms with Gasteiger partial charge < -0.3 is 15.2 Å². The van der Waals surface area contributed by atoms with Crippen molar-refractivity contribution in [3.05, 3.63) is 54.6 Å². The number of benzene rings is 2. The van der Waals surface area contributed by atoms with E-state index in [-0.39, 0.29) is 19.1 Å². The van der Waals surface area contributed by atoms with E-state index in [0.717, 1.165) is 11.1 Å². The maximum absolute atomic E-state index is 11.6. The highest BCUT2D eigenvalue weighted by Gasteiger charge is 2.08. The van der Waals surface area contributed by atoms with Crippen molar-refractivity contribution >= 4 is 5.91 Å². The minimum atomic E-state index is -0.564. The van der Waals surface area contributed by atoms with Gasteiger partial charge in [-0.3, -0.25) is 4.79 Å². The lowest BCUT2D eigenvalue weighted by Crippen LogP contribution is -2.34. The second-order valence-electron chi connectivity index (χ2n) is 4.80. The minimum absolute atomic E-state index is 0.0729. The van der Waals surface area contributed by atoms with Crippen LogP contribution in [0.5, 0.6) is 5.75 Å². The van der Waals surface area contributed by atoms with Gasteiger partial charge >= 0.3 is 0 Å². The summed E-state index contributed by atoms with van der Waals surface area (Å²) in [6.45, 7) is 1.77. The fourth-order valence-electron chi connectivity index (χ4n) is 1.90. The Labute approximate surface area is 124 Å². The highest BCUT2D eigenvalue weighted by Crippen LogP contribution is 2.29. The average Bonchev–Trinajstić information content (AvgIpc) is 2.52. The van der Waals surface area contributed by atoms with Crippen molar-refractivity contribution in [1.82, 2.24) is 5.32 Å². The van der Waals surface area contributed by atoms with Gasteiger partial charge in [-0.25, -0.2) is 0 Å². The zero-order valence-corrected chi connectivity index (χ0v) is 12.0. The van der Waals surface area contributed by atoms with Crippen molar-refractivity contribution in [3.63, 3.8) is 0 Å². The number of ether oxygens (including phenoxy) is 1. The third kappa shape index (κ3) is 4.61. The Bertz CT molecular complexity index is 582. The van der Waals surface area contributed by atoms with Gasteiger partial charge in [-0.1, -0.05) is 48.5 Å². The highest BCUT2D eigenvalue weighted by molar-refractivity contribution is 5.78. The Balaban J connectivity index is 2.03. The van der Waals surface area contributed by atoms with E-state index in [1.807, 2.05) is 54.6 Å². The average molecular weight is 285 g/mol. The molecule has 0 bridgehead atoms. The van der Waals surface area contributed by atoms with Crippen LogP contribution in [0.4, 0.5) is 0 Å². The first kappa shape index (κ1) is 15.1. The predicted molar refractivity (Wildman–Crippen MR) is 82.1 cm³/mol. The topological polar surface area (TPSA) is 58.6 Å². The Morgan fingerprint density at radius 3 is 2.52 bits per heavy atom. The number of carbonyl (C=O) groups is 1. The second kappa shape index (κ2) is 7.45. The monoisotopic (exact) mass is 285 g/mol. The normalized spacial score (nSPS) is 11.7. The van der Waals surface area contributed by atoms with Crippen molar-refractivity contribution in [3.8, 4) is 16.9 Å². The van der Waals surface area contributed by atoms with Crippen molar-refractivity contribution in [2.24, 2.45) is 0 Å². The summed E-state index contributed by atoms with van der Waals surface area (Å²) in [5.74, 6) is 0.412. The van der Waals surface area contributed by atoms with E-state index >= 15 is 0 Å². The molecule has 1 atom stereocenters. The van der Waals surface area contributed by atoms with Crippen molar-refractivity contribution in [2.75, 3.05) is 13.2 Å². The van der Waals surface area contributed by atoms with Crippen LogP contribution in [0.3, 0.4) is 0 Å². The third-order valence-corrected chi connectivity index (χ3v) is 2.93. The summed E-state index contributed by atoms with van der Waals surface area (Å²) < 4.78 is 5.59. The first-order chi connectivity index (χ1) is 10.2. The number of para-hydroxylation sites is 1. The lowest BCUT2D eigenvalue weighted by atomic mass is 10.1. The zero-order valence-electron chi connectivity index (χ0n) is 12.0. The van der Waals surface area contributed by atoms with Gasteiger partial charge in [-0.2, -0.15) is 0 Å². The minimum Gasteiger partial charge on any atom is -0.483 e. The largest absolute Gasteiger partial charge is 0.483 e. The lowest BCUT2D eigenvalue weighted by Gasteiger charge is -2.12. The third-order valence-electron chi connectivity index (χ3n) is 2.93. The molecule has 1 amide bonds. The Morgan fingerprint density at radius 2 is 1.81 bits per heavy atom. The summed E-state index contributed by atoms with van der Waals surface area (Å²) in [4.78, 5) is 11.6. The van der Waals surface area contributed by atoms with Crippen molar-refractivity contribution in [1.29, 1.82) is 0 Å². The number of aliphatic hydroxyl groups excluding tert-OH is 1. The quantitative estimate of drug-likeness (QED) is 0.855. The van der Waals surface area contributed by atoms with Gasteiger partial charge in [0.25, 0.3) is 5.91 Å². The molecular weight excluding hydrogens is 266 g/mol. The van der Waals surface area contributed by atoms with Crippen LogP contribution in [0.25, 0.3) is 11.1 Å². The zero-order chi connectivity index (χ0) is 15.1. The molecule has 4 heteroatoms. The molecule has 0 radical (unpaired) electrons. The van der Waals surface area contributed by atoms with Gasteiger partial charge in [0, 0.05) is 12.1 Å². The van der Waals surface area contributed by atoms with Crippen LogP contribution in [0, 0.1) is 0 Å². The number of nitrogens with one attached hydrogen (secondary N) is 1. The molecule has 0 heterocycles. The molecule has 1 unspecified atom stereocenters. The molecule has 2 N–H and O–H groups in total. The SMILES string of the molecule is CC(O)CNC(=O)COc1ccccc1-c1ccccc1. The summed E-state index contributed by atoms with van der Waals surface area (Å²) in [6.07, 6.45) is -0.564. The summed E-state index contributed by atoms with van der Waals surface area (Å²) in [6, 6.07) is 17.5. The summed E-state index contributed by atoms with van der Waals surface area (Å²) in [5.41, 5.74) is 1.99. The lowest BCUT2D eigenvalue weighted by molar-refractivity contribution is -0.123. The standard InChI is InChI=1S/C17H19NO3/c1-13(19)11-18-17(20)12-21-16-10-6-5-9-15(16)14-7-3-2-4-8-14/h2-10,13,19H,11-12H2,1H3,(H,18,20). The molecule has 2 rings (SSSR count). The van der Waals surface area contributed by atoms with Crippen LogP contribution in [0.1, 0.15) is 6.92 Å². The van der Waals surface area contributed by atoms with Gasteiger partial charge in [0.15, 0.2) is 6.61 Å². The molecule has 0 aliphatic rings. The van der Waals surface area contributed by atoms with Crippen LogP contribution >= 0.6 is 0 Å². The van der Waals surface area contributed by atoms with E-state index in [9.17, 15) is 4.79 Å². The summed E-state index contributed by atoms with van der Waals surface area (Å²) in [7, 11) is 0. The maximum Gasteiger partial charge on any atom is 0.258 e. The smallest absolute Gasteiger partial charge is 0.258 e. The number of amides is 1. The number of aliphatic hydroxyl groups is 1. The number of hydrogen-bond donors (Lipinski definition) is 2. The Hall–Kier alpha value is -2.33. The molecule has 0 fully saturated rings. The van der Waals surface area contributed by atoms with Gasteiger partial charge in [0.05, 0.1) is 6.10 Å². The Kier molecular flexibility index (Phi) is 5.35. The molecule has 0 aliphatic carbocycles. The summed E-state index contributed by atoms with van der Waals surface area (Å²) >= 11 is 0. The first-order valence-corrected chi connectivity index (χ1v) is 6.89. The second-order valence-corrected chi connectivity index (χ2v) is 4.80. The van der Waals surface area contributed by atoms with E-state index < -0.39 is 6.10 Å². The molecule has 0 spiro atoms. The van der Waals surface area contributed by atoms with Gasteiger partial charge in [-0.05, 0) is 18.6 Å². The van der Waals surface area contributed by atoms with Crippen LogP contribution in [-0.4, -0.2) is 30.3 Å². The van der Waals surface area contributed by atoms with E-state index in [1.54, 1.807) is 6.92 Å². The molecule has 0 saturated heterocycles. The molecule has 0 aromatic heterocycles. The van der Waals surface area contributed by atoms with Crippen LogP contribution in [0.2, 0.25) is 0 Å². The number of hydrogen-bond acceptors (Lipinski definition) is 3. The van der Waals surface area contributed by atoms with Crippen molar-refractivity contribution in [2.45, 2.75) is 13.0 Å². The van der Waals surface area contributed by atoms with Crippen LogP contribution in [0.15, 0.2) is 54.6 Å². The predicted octanol–water partition coefficient (Wildman–Crippen LogP) is 2.23. The molecule has 2 aromatic rings. The number of carbonyl (C=O) groups excluding carboxylic acids is 1. The molecule has 21 heavy (non-hydrogen) atoms. The fraction of sp³-hybridized carbons (Fsp3) is 0.235. The molecule has 4 nitrogen and oxygen atoms in total. The summed E-state index contributed by atoms with van der Waals surface area (Å²) in [5, 5.41) is 11.7. The van der Waals surface area contributed by atoms with E-state index in [0.29, 0.717) is 5.75 Å². The maximum atomic E-state index is 11.6. The fourth-order valence-corrected chi connectivity index (χ4v) is 1.90. The number of rotatable bonds is 6. The van der Waals surface area contributed by atoms with Gasteiger partial charge in [-0.15, -0.1) is 0 Å². The van der Waals surface area contributed by atoms with E-state index in [4.69, 9.17) is 9.84 Å². The molecule has 0 saturated carbocycles. The molecule has 2 aromatic carbocycles. The van der Waals surface area contributed by atoms with E-state index in [2.05, 4.69) is 5.32 Å². The van der Waals surface area contributed by atoms with Crippen molar-refractivity contribution < 1.29 is 14.6 Å². The van der Waals surface area contributed by atoms with Crippen LogP contribution in [-0.2, 0) is 4.79 Å². The van der Waals surface area contributed by atoms with Gasteiger partial charge in [0.1, 0.15) is 5.75 Å². The first-order valence-electron chi connectivity index (χ1n) is 6.89. The van der Waals surface area contributed by atoms with Crippen LogP contribution < -0.4 is 10.1 Å². The molecule has 110 valence electrons. The van der Waals surface area contributed by atoms with Gasteiger partial charge in [0.2, 0.25) is 0 Å².